The number of nitrogens with one attached hydrogen (secondary N) is 2. The molecule has 0 aliphatic carbocycles. The maximum Gasteiger partial charge on any atom is 0.191 e. The van der Waals surface area contributed by atoms with Crippen molar-refractivity contribution in [2.24, 2.45) is 4.99 Å². The van der Waals surface area contributed by atoms with Crippen LogP contribution in [0.2, 0.25) is 0 Å². The SMILES string of the molecule is CCNC(=NCC(c1cccc(F)c1)N1CCOCC1)NCCc1ccc(OC)cc1.I. The van der Waals surface area contributed by atoms with Crippen molar-refractivity contribution in [1.29, 1.82) is 0 Å². The summed E-state index contributed by atoms with van der Waals surface area (Å²) >= 11 is 0. The molecule has 1 heterocycles. The van der Waals surface area contributed by atoms with E-state index < -0.39 is 0 Å². The lowest BCUT2D eigenvalue weighted by molar-refractivity contribution is 0.0179. The zero-order valence-corrected chi connectivity index (χ0v) is 21.2. The monoisotopic (exact) mass is 556 g/mol. The van der Waals surface area contributed by atoms with Crippen molar-refractivity contribution < 1.29 is 13.9 Å². The van der Waals surface area contributed by atoms with Gasteiger partial charge in [-0.3, -0.25) is 9.89 Å². The third-order valence-electron chi connectivity index (χ3n) is 5.35. The number of aliphatic imine (C=N–C) groups is 1. The van der Waals surface area contributed by atoms with Gasteiger partial charge < -0.3 is 20.1 Å². The smallest absolute Gasteiger partial charge is 0.191 e. The summed E-state index contributed by atoms with van der Waals surface area (Å²) in [5.41, 5.74) is 2.18. The molecule has 0 amide bonds. The van der Waals surface area contributed by atoms with Crippen molar-refractivity contribution >= 4 is 29.9 Å². The second kappa shape index (κ2) is 14.3. The van der Waals surface area contributed by atoms with Gasteiger partial charge in [0.05, 0.1) is 32.9 Å². The van der Waals surface area contributed by atoms with Crippen molar-refractivity contribution in [3.05, 3.63) is 65.5 Å². The Morgan fingerprint density at radius 3 is 2.56 bits per heavy atom. The maximum atomic E-state index is 13.9. The van der Waals surface area contributed by atoms with E-state index in [9.17, 15) is 4.39 Å². The number of hydrogen-bond donors (Lipinski definition) is 2. The lowest BCUT2D eigenvalue weighted by Crippen LogP contribution is -2.42. The van der Waals surface area contributed by atoms with Gasteiger partial charge in [-0.15, -0.1) is 24.0 Å². The topological polar surface area (TPSA) is 58.1 Å². The molecule has 1 unspecified atom stereocenters. The summed E-state index contributed by atoms with van der Waals surface area (Å²) in [5, 5.41) is 6.72. The van der Waals surface area contributed by atoms with E-state index in [1.165, 1.54) is 11.6 Å². The van der Waals surface area contributed by atoms with Gasteiger partial charge in [0.25, 0.3) is 0 Å². The molecule has 176 valence electrons. The molecular weight excluding hydrogens is 522 g/mol. The van der Waals surface area contributed by atoms with Crippen LogP contribution in [0.15, 0.2) is 53.5 Å². The predicted octanol–water partition coefficient (Wildman–Crippen LogP) is 3.62. The minimum absolute atomic E-state index is 0. The Kier molecular flexibility index (Phi) is 11.8. The molecule has 0 spiro atoms. The highest BCUT2D eigenvalue weighted by atomic mass is 127. The van der Waals surface area contributed by atoms with Crippen LogP contribution < -0.4 is 15.4 Å². The molecule has 0 saturated carbocycles. The number of ether oxygens (including phenoxy) is 2. The molecule has 8 heteroatoms. The van der Waals surface area contributed by atoms with Gasteiger partial charge in [0, 0.05) is 26.2 Å². The van der Waals surface area contributed by atoms with E-state index in [0.717, 1.165) is 49.9 Å². The number of hydrogen-bond acceptors (Lipinski definition) is 4. The molecule has 2 aromatic rings. The third kappa shape index (κ3) is 8.22. The minimum Gasteiger partial charge on any atom is -0.497 e. The van der Waals surface area contributed by atoms with Crippen LogP contribution in [0.1, 0.15) is 24.1 Å². The number of halogens is 2. The van der Waals surface area contributed by atoms with E-state index in [0.29, 0.717) is 19.8 Å². The molecule has 6 nitrogen and oxygen atoms in total. The molecule has 32 heavy (non-hydrogen) atoms. The van der Waals surface area contributed by atoms with Crippen LogP contribution in [0.4, 0.5) is 4.39 Å². The van der Waals surface area contributed by atoms with E-state index in [1.807, 2.05) is 25.1 Å². The Hall–Kier alpha value is -1.91. The van der Waals surface area contributed by atoms with Crippen molar-refractivity contribution in [3.63, 3.8) is 0 Å². The highest BCUT2D eigenvalue weighted by Gasteiger charge is 2.23. The van der Waals surface area contributed by atoms with Crippen molar-refractivity contribution in [2.75, 3.05) is 53.0 Å². The number of morpholine rings is 1. The van der Waals surface area contributed by atoms with Gasteiger partial charge in [0.2, 0.25) is 0 Å². The van der Waals surface area contributed by atoms with Gasteiger partial charge in [-0.05, 0) is 48.7 Å². The number of nitrogens with zero attached hydrogens (tertiary/aromatic N) is 2. The second-order valence-electron chi connectivity index (χ2n) is 7.46. The van der Waals surface area contributed by atoms with Crippen LogP contribution >= 0.6 is 24.0 Å². The van der Waals surface area contributed by atoms with Gasteiger partial charge >= 0.3 is 0 Å². The standard InChI is InChI=1S/C24H33FN4O2.HI/c1-3-26-24(27-12-11-19-7-9-22(30-2)10-8-19)28-18-23(29-13-15-31-16-14-29)20-5-4-6-21(25)17-20;/h4-10,17,23H,3,11-16,18H2,1-2H3,(H2,26,27,28);1H. The number of guanidine groups is 1. The molecule has 1 aliphatic heterocycles. The van der Waals surface area contributed by atoms with E-state index in [2.05, 4.69) is 27.7 Å². The van der Waals surface area contributed by atoms with Crippen LogP contribution in [0.25, 0.3) is 0 Å². The van der Waals surface area contributed by atoms with Crippen molar-refractivity contribution in [2.45, 2.75) is 19.4 Å². The summed E-state index contributed by atoms with van der Waals surface area (Å²) < 4.78 is 24.6. The zero-order valence-electron chi connectivity index (χ0n) is 18.9. The highest BCUT2D eigenvalue weighted by molar-refractivity contribution is 14.0. The van der Waals surface area contributed by atoms with Gasteiger partial charge in [-0.25, -0.2) is 4.39 Å². The normalized spacial score (nSPS) is 15.5. The summed E-state index contributed by atoms with van der Waals surface area (Å²) in [7, 11) is 1.67. The van der Waals surface area contributed by atoms with Gasteiger partial charge in [-0.2, -0.15) is 0 Å². The molecule has 1 fully saturated rings. The summed E-state index contributed by atoms with van der Waals surface area (Å²) in [6.45, 7) is 7.15. The van der Waals surface area contributed by atoms with E-state index in [1.54, 1.807) is 19.2 Å². The summed E-state index contributed by atoms with van der Waals surface area (Å²) in [4.78, 5) is 7.15. The number of methoxy groups -OCH3 is 1. The summed E-state index contributed by atoms with van der Waals surface area (Å²) in [6.07, 6.45) is 0.880. The Morgan fingerprint density at radius 2 is 1.91 bits per heavy atom. The summed E-state index contributed by atoms with van der Waals surface area (Å²) in [5.74, 6) is 1.41. The molecule has 2 N–H and O–H groups in total. The third-order valence-corrected chi connectivity index (χ3v) is 5.35. The molecule has 0 aromatic heterocycles. The second-order valence-corrected chi connectivity index (χ2v) is 7.46. The Morgan fingerprint density at radius 1 is 1.16 bits per heavy atom. The van der Waals surface area contributed by atoms with Crippen LogP contribution in [-0.2, 0) is 11.2 Å². The Balaban J connectivity index is 0.00000363. The quantitative estimate of drug-likeness (QED) is 0.281. The van der Waals surface area contributed by atoms with Crippen LogP contribution in [0.5, 0.6) is 5.75 Å². The lowest BCUT2D eigenvalue weighted by atomic mass is 10.0. The van der Waals surface area contributed by atoms with Gasteiger partial charge in [0.1, 0.15) is 11.6 Å². The minimum atomic E-state index is -0.218. The lowest BCUT2D eigenvalue weighted by Gasteiger charge is -2.34. The number of rotatable bonds is 9. The fourth-order valence-electron chi connectivity index (χ4n) is 3.67. The molecule has 0 bridgehead atoms. The van der Waals surface area contributed by atoms with Crippen LogP contribution in [0, 0.1) is 5.82 Å². The largest absolute Gasteiger partial charge is 0.497 e. The van der Waals surface area contributed by atoms with E-state index >= 15 is 0 Å². The number of benzene rings is 2. The molecule has 1 atom stereocenters. The van der Waals surface area contributed by atoms with E-state index in [-0.39, 0.29) is 35.8 Å². The van der Waals surface area contributed by atoms with Crippen molar-refractivity contribution in [3.8, 4) is 5.75 Å². The Bertz CT molecular complexity index is 829. The first-order chi connectivity index (χ1) is 15.2. The fraction of sp³-hybridized carbons (Fsp3) is 0.458. The molecule has 2 aromatic carbocycles. The fourth-order valence-corrected chi connectivity index (χ4v) is 3.67. The van der Waals surface area contributed by atoms with Crippen molar-refractivity contribution in [1.82, 2.24) is 15.5 Å². The average Bonchev–Trinajstić information content (AvgIpc) is 2.80. The molecule has 1 saturated heterocycles. The Labute approximate surface area is 207 Å². The molecular formula is C24H34FIN4O2. The first-order valence-electron chi connectivity index (χ1n) is 10.9. The zero-order chi connectivity index (χ0) is 21.9. The van der Waals surface area contributed by atoms with E-state index in [4.69, 9.17) is 14.5 Å². The first kappa shape index (κ1) is 26.3. The highest BCUT2D eigenvalue weighted by Crippen LogP contribution is 2.23. The summed E-state index contributed by atoms with van der Waals surface area (Å²) in [6, 6.07) is 14.9. The molecule has 1 aliphatic rings. The van der Waals surface area contributed by atoms with Crippen LogP contribution in [0.3, 0.4) is 0 Å². The molecule has 3 rings (SSSR count). The maximum absolute atomic E-state index is 13.9. The van der Waals surface area contributed by atoms with Gasteiger partial charge in [0.15, 0.2) is 5.96 Å². The van der Waals surface area contributed by atoms with Crippen LogP contribution in [-0.4, -0.2) is 63.9 Å². The van der Waals surface area contributed by atoms with Gasteiger partial charge in [-0.1, -0.05) is 24.3 Å². The first-order valence-corrected chi connectivity index (χ1v) is 10.9. The molecule has 0 radical (unpaired) electrons. The predicted molar refractivity (Wildman–Crippen MR) is 138 cm³/mol. The average molecular weight is 556 g/mol.